The Kier molecular flexibility index (Phi) is 8.40. The molecule has 1 amide bonds. The molecule has 1 N–H and O–H groups in total. The molecule has 0 bridgehead atoms. The lowest BCUT2D eigenvalue weighted by molar-refractivity contribution is -0.139. The Morgan fingerprint density at radius 2 is 1.94 bits per heavy atom. The highest BCUT2D eigenvalue weighted by Crippen LogP contribution is 2.05. The molecule has 0 aromatic heterocycles. The third-order valence-electron chi connectivity index (χ3n) is 2.40. The van der Waals surface area contributed by atoms with Crippen molar-refractivity contribution in [3.8, 4) is 0 Å². The van der Waals surface area contributed by atoms with Gasteiger partial charge < -0.3 is 14.7 Å². The molecule has 0 aromatic rings. The Labute approximate surface area is 103 Å². The van der Waals surface area contributed by atoms with Crippen LogP contribution < -0.4 is 0 Å². The second-order valence-corrected chi connectivity index (χ2v) is 4.13. The van der Waals surface area contributed by atoms with Crippen molar-refractivity contribution in [1.29, 1.82) is 0 Å². The van der Waals surface area contributed by atoms with Crippen LogP contribution in [0.25, 0.3) is 0 Å². The van der Waals surface area contributed by atoms with Crippen LogP contribution in [0.3, 0.4) is 0 Å². The molecule has 5 nitrogen and oxygen atoms in total. The quantitative estimate of drug-likeness (QED) is 0.625. The van der Waals surface area contributed by atoms with Crippen LogP contribution in [0.2, 0.25) is 0 Å². The van der Waals surface area contributed by atoms with E-state index >= 15 is 0 Å². The Bertz CT molecular complexity index is 241. The first kappa shape index (κ1) is 15.9. The average molecular weight is 245 g/mol. The predicted molar refractivity (Wildman–Crippen MR) is 64.8 cm³/mol. The van der Waals surface area contributed by atoms with Crippen LogP contribution >= 0.6 is 0 Å². The number of carboxylic acid groups (broad SMARTS) is 1. The number of ether oxygens (including phenoxy) is 1. The summed E-state index contributed by atoms with van der Waals surface area (Å²) in [5.41, 5.74) is 0. The first-order valence-electron chi connectivity index (χ1n) is 6.08. The number of nitrogens with zero attached hydrogens (tertiary/aromatic N) is 1. The second kappa shape index (κ2) is 8.98. The summed E-state index contributed by atoms with van der Waals surface area (Å²) in [4.78, 5) is 24.0. The third kappa shape index (κ3) is 7.74. The van der Waals surface area contributed by atoms with E-state index in [2.05, 4.69) is 0 Å². The number of carboxylic acids is 1. The SMILES string of the molecule is CCOCCC(=O)N(CCCC(=O)O)C(C)C. The van der Waals surface area contributed by atoms with Crippen molar-refractivity contribution < 1.29 is 19.4 Å². The molecular weight excluding hydrogens is 222 g/mol. The van der Waals surface area contributed by atoms with E-state index in [9.17, 15) is 9.59 Å². The molecule has 0 aliphatic carbocycles. The van der Waals surface area contributed by atoms with Gasteiger partial charge >= 0.3 is 5.97 Å². The number of hydrogen-bond donors (Lipinski definition) is 1. The normalized spacial score (nSPS) is 10.6. The molecule has 100 valence electrons. The number of carbonyl (C=O) groups excluding carboxylic acids is 1. The molecule has 0 saturated heterocycles. The number of rotatable bonds is 9. The van der Waals surface area contributed by atoms with Crippen molar-refractivity contribution in [1.82, 2.24) is 4.90 Å². The zero-order valence-corrected chi connectivity index (χ0v) is 10.9. The van der Waals surface area contributed by atoms with Gasteiger partial charge in [-0.25, -0.2) is 0 Å². The lowest BCUT2D eigenvalue weighted by Crippen LogP contribution is -2.38. The van der Waals surface area contributed by atoms with Gasteiger partial charge in [-0.15, -0.1) is 0 Å². The molecule has 0 atom stereocenters. The van der Waals surface area contributed by atoms with Gasteiger partial charge in [-0.2, -0.15) is 0 Å². The summed E-state index contributed by atoms with van der Waals surface area (Å²) in [6, 6.07) is 0.0953. The molecule has 0 heterocycles. The number of amides is 1. The van der Waals surface area contributed by atoms with E-state index in [1.807, 2.05) is 20.8 Å². The van der Waals surface area contributed by atoms with E-state index in [0.717, 1.165) is 0 Å². The van der Waals surface area contributed by atoms with Gasteiger partial charge in [-0.3, -0.25) is 9.59 Å². The summed E-state index contributed by atoms with van der Waals surface area (Å²) in [6.07, 6.45) is 0.953. The lowest BCUT2D eigenvalue weighted by Gasteiger charge is -2.26. The van der Waals surface area contributed by atoms with E-state index in [1.54, 1.807) is 4.90 Å². The van der Waals surface area contributed by atoms with Crippen molar-refractivity contribution in [2.75, 3.05) is 19.8 Å². The molecule has 0 unspecified atom stereocenters. The first-order valence-corrected chi connectivity index (χ1v) is 6.08. The summed E-state index contributed by atoms with van der Waals surface area (Å²) in [7, 11) is 0. The predicted octanol–water partition coefficient (Wildman–Crippen LogP) is 1.51. The monoisotopic (exact) mass is 245 g/mol. The number of hydrogen-bond acceptors (Lipinski definition) is 3. The van der Waals surface area contributed by atoms with Crippen molar-refractivity contribution in [2.24, 2.45) is 0 Å². The minimum atomic E-state index is -0.824. The van der Waals surface area contributed by atoms with Gasteiger partial charge in [0.1, 0.15) is 0 Å². The molecular formula is C12H23NO4. The van der Waals surface area contributed by atoms with Gasteiger partial charge in [-0.1, -0.05) is 0 Å². The van der Waals surface area contributed by atoms with Crippen LogP contribution in [-0.4, -0.2) is 47.7 Å². The van der Waals surface area contributed by atoms with E-state index in [0.29, 0.717) is 32.6 Å². The van der Waals surface area contributed by atoms with Gasteiger partial charge in [0.2, 0.25) is 5.91 Å². The maximum Gasteiger partial charge on any atom is 0.303 e. The Morgan fingerprint density at radius 1 is 1.29 bits per heavy atom. The van der Waals surface area contributed by atoms with Crippen LogP contribution in [0, 0.1) is 0 Å². The van der Waals surface area contributed by atoms with E-state index in [1.165, 1.54) is 0 Å². The molecule has 5 heteroatoms. The van der Waals surface area contributed by atoms with Crippen molar-refractivity contribution >= 4 is 11.9 Å². The lowest BCUT2D eigenvalue weighted by atomic mass is 10.2. The molecule has 0 rings (SSSR count). The van der Waals surface area contributed by atoms with Gasteiger partial charge in [0.25, 0.3) is 0 Å². The maximum absolute atomic E-state index is 11.8. The highest BCUT2D eigenvalue weighted by atomic mass is 16.5. The second-order valence-electron chi connectivity index (χ2n) is 4.13. The minimum Gasteiger partial charge on any atom is -0.481 e. The van der Waals surface area contributed by atoms with Gasteiger partial charge in [0.15, 0.2) is 0 Å². The van der Waals surface area contributed by atoms with Gasteiger partial charge in [-0.05, 0) is 27.2 Å². The Balaban J connectivity index is 4.03. The molecule has 0 saturated carbocycles. The zero-order chi connectivity index (χ0) is 13.3. The number of carbonyl (C=O) groups is 2. The average Bonchev–Trinajstić information content (AvgIpc) is 2.23. The molecule has 0 fully saturated rings. The summed E-state index contributed by atoms with van der Waals surface area (Å²) in [5, 5.41) is 8.55. The van der Waals surface area contributed by atoms with E-state index in [4.69, 9.17) is 9.84 Å². The van der Waals surface area contributed by atoms with Crippen LogP contribution in [0.1, 0.15) is 40.0 Å². The van der Waals surface area contributed by atoms with Crippen molar-refractivity contribution in [2.45, 2.75) is 46.1 Å². The molecule has 0 radical (unpaired) electrons. The fourth-order valence-corrected chi connectivity index (χ4v) is 1.52. The standard InChI is InChI=1S/C12H23NO4/c1-4-17-9-7-11(14)13(10(2)3)8-5-6-12(15)16/h10H,4-9H2,1-3H3,(H,15,16). The summed E-state index contributed by atoms with van der Waals surface area (Å²) in [5.74, 6) is -0.797. The highest BCUT2D eigenvalue weighted by Gasteiger charge is 2.16. The maximum atomic E-state index is 11.8. The molecule has 0 spiro atoms. The smallest absolute Gasteiger partial charge is 0.303 e. The Morgan fingerprint density at radius 3 is 2.41 bits per heavy atom. The largest absolute Gasteiger partial charge is 0.481 e. The summed E-state index contributed by atoms with van der Waals surface area (Å²) in [6.45, 7) is 7.27. The van der Waals surface area contributed by atoms with Crippen molar-refractivity contribution in [3.05, 3.63) is 0 Å². The topological polar surface area (TPSA) is 66.8 Å². The fraction of sp³-hybridized carbons (Fsp3) is 0.833. The first-order chi connectivity index (χ1) is 7.99. The van der Waals surface area contributed by atoms with Gasteiger partial charge in [0, 0.05) is 25.6 Å². The number of aliphatic carboxylic acids is 1. The Hall–Kier alpha value is -1.10. The van der Waals surface area contributed by atoms with E-state index < -0.39 is 5.97 Å². The minimum absolute atomic E-state index is 0.0267. The van der Waals surface area contributed by atoms with Crippen LogP contribution in [0.5, 0.6) is 0 Å². The van der Waals surface area contributed by atoms with Crippen molar-refractivity contribution in [3.63, 3.8) is 0 Å². The van der Waals surface area contributed by atoms with Crippen LogP contribution in [-0.2, 0) is 14.3 Å². The third-order valence-corrected chi connectivity index (χ3v) is 2.40. The fourth-order valence-electron chi connectivity index (χ4n) is 1.52. The molecule has 0 aromatic carbocycles. The van der Waals surface area contributed by atoms with Crippen LogP contribution in [0.4, 0.5) is 0 Å². The van der Waals surface area contributed by atoms with Crippen LogP contribution in [0.15, 0.2) is 0 Å². The van der Waals surface area contributed by atoms with E-state index in [-0.39, 0.29) is 18.4 Å². The molecule has 0 aliphatic rings. The molecule has 0 aliphatic heterocycles. The summed E-state index contributed by atoms with van der Waals surface area (Å²) < 4.78 is 5.14. The molecule has 17 heavy (non-hydrogen) atoms. The highest BCUT2D eigenvalue weighted by molar-refractivity contribution is 5.76. The zero-order valence-electron chi connectivity index (χ0n) is 10.9. The van der Waals surface area contributed by atoms with Gasteiger partial charge in [0.05, 0.1) is 13.0 Å². The summed E-state index contributed by atoms with van der Waals surface area (Å²) >= 11 is 0.